The van der Waals surface area contributed by atoms with E-state index in [9.17, 15) is 4.79 Å². The molecule has 2 heterocycles. The third kappa shape index (κ3) is 4.23. The Morgan fingerprint density at radius 1 is 1.25 bits per heavy atom. The van der Waals surface area contributed by atoms with E-state index in [1.165, 1.54) is 5.56 Å². The molecule has 0 saturated carbocycles. The van der Waals surface area contributed by atoms with Gasteiger partial charge in [0, 0.05) is 44.4 Å². The molecule has 1 aromatic heterocycles. The Bertz CT molecular complexity index is 665. The number of carbonyl (C=O) groups excluding carboxylic acids is 1. The highest BCUT2D eigenvalue weighted by Gasteiger charge is 2.25. The largest absolute Gasteiger partial charge is 0.335 e. The number of hydrogen-bond acceptors (Lipinski definition) is 3. The van der Waals surface area contributed by atoms with Crippen molar-refractivity contribution in [2.45, 2.75) is 25.9 Å². The van der Waals surface area contributed by atoms with Crippen LogP contribution in [0.1, 0.15) is 17.8 Å². The lowest BCUT2D eigenvalue weighted by atomic mass is 10.1. The van der Waals surface area contributed by atoms with Crippen LogP contribution in [0.4, 0.5) is 0 Å². The Balaban J connectivity index is 1.67. The molecule has 3 rings (SSSR count). The number of nitrogens with zero attached hydrogens (tertiary/aromatic N) is 4. The fourth-order valence-corrected chi connectivity index (χ4v) is 3.42. The normalized spacial score (nSPS) is 17.6. The fraction of sp³-hybridized carbons (Fsp3) is 0.474. The van der Waals surface area contributed by atoms with Gasteiger partial charge in [-0.2, -0.15) is 0 Å². The number of hydrogen-bond donors (Lipinski definition) is 0. The van der Waals surface area contributed by atoms with Crippen LogP contribution in [0.25, 0.3) is 0 Å². The van der Waals surface area contributed by atoms with E-state index in [0.29, 0.717) is 18.9 Å². The van der Waals surface area contributed by atoms with Gasteiger partial charge in [0.25, 0.3) is 0 Å². The molecule has 0 bridgehead atoms. The number of aromatic nitrogens is 2. The Kier molecular flexibility index (Phi) is 5.30. The highest BCUT2D eigenvalue weighted by Crippen LogP contribution is 2.17. The van der Waals surface area contributed by atoms with Gasteiger partial charge in [-0.05, 0) is 26.1 Å². The van der Waals surface area contributed by atoms with Crippen LogP contribution >= 0.6 is 0 Å². The number of benzene rings is 1. The van der Waals surface area contributed by atoms with Gasteiger partial charge in [-0.25, -0.2) is 4.98 Å². The smallest absolute Gasteiger partial charge is 0.223 e. The molecule has 1 amide bonds. The van der Waals surface area contributed by atoms with Gasteiger partial charge in [-0.15, -0.1) is 0 Å². The number of amides is 1. The summed E-state index contributed by atoms with van der Waals surface area (Å²) in [6.45, 7) is 3.32. The quantitative estimate of drug-likeness (QED) is 0.844. The topological polar surface area (TPSA) is 41.4 Å². The molecule has 128 valence electrons. The molecule has 5 nitrogen and oxygen atoms in total. The van der Waals surface area contributed by atoms with Crippen molar-refractivity contribution in [2.75, 3.05) is 27.2 Å². The van der Waals surface area contributed by atoms with Crippen LogP contribution in [-0.2, 0) is 24.3 Å². The number of fused-ring (bicyclic) bond motifs is 1. The van der Waals surface area contributed by atoms with E-state index < -0.39 is 0 Å². The van der Waals surface area contributed by atoms with Crippen LogP contribution < -0.4 is 0 Å². The maximum atomic E-state index is 12.8. The fourth-order valence-electron chi connectivity index (χ4n) is 3.42. The van der Waals surface area contributed by atoms with Gasteiger partial charge < -0.3 is 14.4 Å². The maximum Gasteiger partial charge on any atom is 0.223 e. The first kappa shape index (κ1) is 16.7. The number of imidazole rings is 1. The first-order valence-corrected chi connectivity index (χ1v) is 8.58. The van der Waals surface area contributed by atoms with Gasteiger partial charge in [0.05, 0.1) is 6.54 Å². The molecule has 0 fully saturated rings. The summed E-state index contributed by atoms with van der Waals surface area (Å²) in [6, 6.07) is 10.2. The lowest BCUT2D eigenvalue weighted by Crippen LogP contribution is -2.37. The molecular formula is C19H26N4O. The summed E-state index contributed by atoms with van der Waals surface area (Å²) < 4.78 is 2.19. The average Bonchev–Trinajstić information content (AvgIpc) is 2.92. The molecule has 1 aromatic carbocycles. The monoisotopic (exact) mass is 326 g/mol. The zero-order chi connectivity index (χ0) is 16.9. The lowest BCUT2D eigenvalue weighted by molar-refractivity contribution is -0.132. The van der Waals surface area contributed by atoms with E-state index in [-0.39, 0.29) is 5.91 Å². The highest BCUT2D eigenvalue weighted by molar-refractivity contribution is 5.76. The summed E-state index contributed by atoms with van der Waals surface area (Å²) in [6.07, 6.45) is 5.21. The van der Waals surface area contributed by atoms with Crippen LogP contribution in [0.15, 0.2) is 42.7 Å². The van der Waals surface area contributed by atoms with Crippen LogP contribution in [-0.4, -0.2) is 52.4 Å². The van der Waals surface area contributed by atoms with Crippen molar-refractivity contribution in [3.8, 4) is 0 Å². The third-order valence-corrected chi connectivity index (χ3v) is 4.51. The minimum atomic E-state index is 0.221. The molecule has 1 aliphatic rings. The molecule has 0 N–H and O–H groups in total. The molecule has 2 aromatic rings. The van der Waals surface area contributed by atoms with E-state index in [1.807, 2.05) is 35.5 Å². The standard InChI is InChI=1S/C19H26N4O/c1-21(2)12-17-13-22-11-10-20-18(22)15-23(14-17)19(24)9-8-16-6-4-3-5-7-16/h3-7,10-11,17H,8-9,12-15H2,1-2H3/t17-/m0/s1. The minimum Gasteiger partial charge on any atom is -0.335 e. The van der Waals surface area contributed by atoms with Gasteiger partial charge in [0.2, 0.25) is 5.91 Å². The summed E-state index contributed by atoms with van der Waals surface area (Å²) in [5, 5.41) is 0. The van der Waals surface area contributed by atoms with Gasteiger partial charge in [-0.3, -0.25) is 4.79 Å². The molecule has 1 aliphatic heterocycles. The molecule has 1 atom stereocenters. The van der Waals surface area contributed by atoms with Crippen molar-refractivity contribution >= 4 is 5.91 Å². The summed E-state index contributed by atoms with van der Waals surface area (Å²) >= 11 is 0. The molecule has 5 heteroatoms. The van der Waals surface area contributed by atoms with Gasteiger partial charge >= 0.3 is 0 Å². The van der Waals surface area contributed by atoms with Gasteiger partial charge in [0.1, 0.15) is 5.82 Å². The molecule has 0 saturated heterocycles. The predicted octanol–water partition coefficient (Wildman–Crippen LogP) is 2.04. The number of rotatable bonds is 5. The van der Waals surface area contributed by atoms with Crippen molar-refractivity contribution in [3.63, 3.8) is 0 Å². The van der Waals surface area contributed by atoms with Crippen molar-refractivity contribution < 1.29 is 4.79 Å². The SMILES string of the molecule is CN(C)C[C@@H]1CN(C(=O)CCc2ccccc2)Cc2nccn2C1. The second-order valence-corrected chi connectivity index (χ2v) is 6.88. The molecule has 0 radical (unpaired) electrons. The average molecular weight is 326 g/mol. The molecule has 24 heavy (non-hydrogen) atoms. The van der Waals surface area contributed by atoms with Crippen LogP contribution in [0.3, 0.4) is 0 Å². The van der Waals surface area contributed by atoms with Gasteiger partial charge in [-0.1, -0.05) is 30.3 Å². The van der Waals surface area contributed by atoms with Crippen molar-refractivity contribution in [2.24, 2.45) is 5.92 Å². The van der Waals surface area contributed by atoms with Crippen LogP contribution in [0.2, 0.25) is 0 Å². The maximum absolute atomic E-state index is 12.8. The molecule has 0 spiro atoms. The zero-order valence-corrected chi connectivity index (χ0v) is 14.6. The summed E-state index contributed by atoms with van der Waals surface area (Å²) in [5.74, 6) is 1.64. The van der Waals surface area contributed by atoms with Gasteiger partial charge in [0.15, 0.2) is 0 Å². The van der Waals surface area contributed by atoms with E-state index in [2.05, 4.69) is 40.7 Å². The van der Waals surface area contributed by atoms with E-state index in [1.54, 1.807) is 0 Å². The van der Waals surface area contributed by atoms with Crippen LogP contribution in [0.5, 0.6) is 0 Å². The Hall–Kier alpha value is -2.14. The minimum absolute atomic E-state index is 0.221. The number of aryl methyl sites for hydroxylation is 1. The van der Waals surface area contributed by atoms with E-state index in [0.717, 1.165) is 31.9 Å². The summed E-state index contributed by atoms with van der Waals surface area (Å²) in [7, 11) is 4.17. The Morgan fingerprint density at radius 2 is 2.04 bits per heavy atom. The van der Waals surface area contributed by atoms with Crippen molar-refractivity contribution in [1.29, 1.82) is 0 Å². The highest BCUT2D eigenvalue weighted by atomic mass is 16.2. The second-order valence-electron chi connectivity index (χ2n) is 6.88. The van der Waals surface area contributed by atoms with Crippen LogP contribution in [0, 0.1) is 5.92 Å². The Labute approximate surface area is 143 Å². The molecule has 0 aliphatic carbocycles. The van der Waals surface area contributed by atoms with Crippen molar-refractivity contribution in [1.82, 2.24) is 19.4 Å². The number of carbonyl (C=O) groups is 1. The first-order valence-electron chi connectivity index (χ1n) is 8.58. The molecular weight excluding hydrogens is 300 g/mol. The zero-order valence-electron chi connectivity index (χ0n) is 14.6. The van der Waals surface area contributed by atoms with Crippen molar-refractivity contribution in [3.05, 3.63) is 54.1 Å². The summed E-state index contributed by atoms with van der Waals surface area (Å²) in [5.41, 5.74) is 1.21. The van der Waals surface area contributed by atoms with E-state index >= 15 is 0 Å². The Morgan fingerprint density at radius 3 is 2.79 bits per heavy atom. The predicted molar refractivity (Wildman–Crippen MR) is 94.5 cm³/mol. The first-order chi connectivity index (χ1) is 11.6. The second kappa shape index (κ2) is 7.62. The summed E-state index contributed by atoms with van der Waals surface area (Å²) in [4.78, 5) is 21.4. The van der Waals surface area contributed by atoms with E-state index in [4.69, 9.17) is 0 Å². The lowest BCUT2D eigenvalue weighted by Gasteiger charge is -2.26. The molecule has 0 unspecified atom stereocenters. The third-order valence-electron chi connectivity index (χ3n) is 4.51.